The molecule has 4 aromatic rings. The Bertz CT molecular complexity index is 980. The Morgan fingerprint density at radius 3 is 1.88 bits per heavy atom. The highest BCUT2D eigenvalue weighted by Crippen LogP contribution is 2.29. The minimum atomic E-state index is 0.891. The Morgan fingerprint density at radius 1 is 0.654 bits per heavy atom. The smallest absolute Gasteiger partial charge is 0.0494 e. The zero-order valence-electron chi connectivity index (χ0n) is 14.6. The number of H-pyrrole nitrogens is 1. The second kappa shape index (κ2) is 7.71. The lowest BCUT2D eigenvalue weighted by atomic mass is 10.0. The lowest BCUT2D eigenvalue weighted by molar-refractivity contribution is 1.28. The summed E-state index contributed by atoms with van der Waals surface area (Å²) in [5.41, 5.74) is 7.32. The molecule has 0 amide bonds. The summed E-state index contributed by atoms with van der Waals surface area (Å²) in [6, 6.07) is 33.7. The van der Waals surface area contributed by atoms with Gasteiger partial charge in [-0.05, 0) is 34.7 Å². The Balaban J connectivity index is 1.68. The van der Waals surface area contributed by atoms with Crippen LogP contribution in [0.2, 0.25) is 0 Å². The molecule has 1 heterocycles. The van der Waals surface area contributed by atoms with Crippen molar-refractivity contribution in [2.75, 3.05) is 0 Å². The summed E-state index contributed by atoms with van der Waals surface area (Å²) in [5, 5.41) is 0. The Labute approximate surface area is 154 Å². The molecule has 0 fully saturated rings. The first-order valence-corrected chi connectivity index (χ1v) is 8.94. The zero-order valence-corrected chi connectivity index (χ0v) is 14.6. The van der Waals surface area contributed by atoms with Gasteiger partial charge in [0.2, 0.25) is 0 Å². The van der Waals surface area contributed by atoms with Gasteiger partial charge in [-0.3, -0.25) is 0 Å². The van der Waals surface area contributed by atoms with Gasteiger partial charge in [0.15, 0.2) is 0 Å². The first-order chi connectivity index (χ1) is 12.9. The van der Waals surface area contributed by atoms with E-state index in [2.05, 4.69) is 102 Å². The van der Waals surface area contributed by atoms with Gasteiger partial charge in [0.05, 0.1) is 0 Å². The van der Waals surface area contributed by atoms with Gasteiger partial charge in [0, 0.05) is 11.4 Å². The second-order valence-electron chi connectivity index (χ2n) is 6.33. The maximum absolute atomic E-state index is 3.63. The molecule has 0 saturated carbocycles. The monoisotopic (exact) mass is 335 g/mol. The fraction of sp³-hybridized carbons (Fsp3) is 0.0400. The molecule has 0 atom stereocenters. The standard InChI is InChI=1S/C25H21N/c1-4-11-20(12-5-1)13-10-18-23-19-24(21-14-6-2-7-15-21)26-25(23)22-16-8-3-9-17-22/h1-17,19,26H,18H2. The van der Waals surface area contributed by atoms with Crippen LogP contribution in [0.15, 0.2) is 103 Å². The normalized spacial score (nSPS) is 11.1. The van der Waals surface area contributed by atoms with Crippen molar-refractivity contribution in [2.45, 2.75) is 6.42 Å². The molecule has 26 heavy (non-hydrogen) atoms. The molecule has 1 N–H and O–H groups in total. The highest BCUT2D eigenvalue weighted by Gasteiger charge is 2.10. The average Bonchev–Trinajstić information content (AvgIpc) is 3.14. The fourth-order valence-electron chi connectivity index (χ4n) is 3.18. The van der Waals surface area contributed by atoms with Crippen LogP contribution in [-0.2, 0) is 6.42 Å². The minimum absolute atomic E-state index is 0.891. The number of aromatic nitrogens is 1. The highest BCUT2D eigenvalue weighted by atomic mass is 14.7. The van der Waals surface area contributed by atoms with E-state index in [-0.39, 0.29) is 0 Å². The van der Waals surface area contributed by atoms with Crippen LogP contribution >= 0.6 is 0 Å². The largest absolute Gasteiger partial charge is 0.354 e. The van der Waals surface area contributed by atoms with Crippen LogP contribution in [0.4, 0.5) is 0 Å². The molecule has 0 aliphatic heterocycles. The molecule has 1 aromatic heterocycles. The minimum Gasteiger partial charge on any atom is -0.354 e. The van der Waals surface area contributed by atoms with Crippen LogP contribution in [0, 0.1) is 0 Å². The van der Waals surface area contributed by atoms with Crippen molar-refractivity contribution in [1.29, 1.82) is 0 Å². The maximum atomic E-state index is 3.63. The van der Waals surface area contributed by atoms with Crippen molar-refractivity contribution < 1.29 is 0 Å². The molecule has 0 radical (unpaired) electrons. The van der Waals surface area contributed by atoms with Crippen LogP contribution in [0.3, 0.4) is 0 Å². The summed E-state index contributed by atoms with van der Waals surface area (Å²) >= 11 is 0. The van der Waals surface area contributed by atoms with Crippen LogP contribution in [0.1, 0.15) is 11.1 Å². The van der Waals surface area contributed by atoms with Crippen molar-refractivity contribution in [2.24, 2.45) is 0 Å². The summed E-state index contributed by atoms with van der Waals surface area (Å²) in [7, 11) is 0. The van der Waals surface area contributed by atoms with Gasteiger partial charge >= 0.3 is 0 Å². The molecule has 0 aliphatic rings. The van der Waals surface area contributed by atoms with E-state index in [1.54, 1.807) is 0 Å². The van der Waals surface area contributed by atoms with Crippen LogP contribution in [0.5, 0.6) is 0 Å². The average molecular weight is 335 g/mol. The van der Waals surface area contributed by atoms with Crippen molar-refractivity contribution >= 4 is 6.08 Å². The molecule has 126 valence electrons. The van der Waals surface area contributed by atoms with E-state index >= 15 is 0 Å². The summed E-state index contributed by atoms with van der Waals surface area (Å²) in [4.78, 5) is 3.63. The third-order valence-corrected chi connectivity index (χ3v) is 4.49. The SMILES string of the molecule is C(=Cc1ccccc1)Cc1cc(-c2ccccc2)[nH]c1-c1ccccc1. The number of hydrogen-bond acceptors (Lipinski definition) is 0. The van der Waals surface area contributed by atoms with Gasteiger partial charge in [-0.25, -0.2) is 0 Å². The van der Waals surface area contributed by atoms with Crippen molar-refractivity contribution in [3.8, 4) is 22.5 Å². The third kappa shape index (κ3) is 3.68. The van der Waals surface area contributed by atoms with Crippen LogP contribution in [-0.4, -0.2) is 4.98 Å². The number of hydrogen-bond donors (Lipinski definition) is 1. The lowest BCUT2D eigenvalue weighted by Gasteiger charge is -2.02. The van der Waals surface area contributed by atoms with Gasteiger partial charge in [0.25, 0.3) is 0 Å². The van der Waals surface area contributed by atoms with Crippen LogP contribution in [0.25, 0.3) is 28.6 Å². The van der Waals surface area contributed by atoms with Gasteiger partial charge < -0.3 is 4.98 Å². The summed E-state index contributed by atoms with van der Waals surface area (Å²) < 4.78 is 0. The second-order valence-corrected chi connectivity index (χ2v) is 6.33. The van der Waals surface area contributed by atoms with E-state index in [0.717, 1.165) is 12.1 Å². The molecular formula is C25H21N. The molecule has 0 spiro atoms. The van der Waals surface area contributed by atoms with E-state index in [1.807, 2.05) is 12.1 Å². The van der Waals surface area contributed by atoms with E-state index in [9.17, 15) is 0 Å². The predicted octanol–water partition coefficient (Wildman–Crippen LogP) is 6.60. The number of benzene rings is 3. The first kappa shape index (κ1) is 16.2. The molecule has 3 aromatic carbocycles. The van der Waals surface area contributed by atoms with Crippen molar-refractivity contribution in [3.63, 3.8) is 0 Å². The van der Waals surface area contributed by atoms with E-state index in [1.165, 1.54) is 27.9 Å². The van der Waals surface area contributed by atoms with Gasteiger partial charge in [-0.1, -0.05) is 103 Å². The number of allylic oxidation sites excluding steroid dienone is 1. The fourth-order valence-corrected chi connectivity index (χ4v) is 3.18. The van der Waals surface area contributed by atoms with Crippen molar-refractivity contribution in [1.82, 2.24) is 4.98 Å². The molecule has 0 unspecified atom stereocenters. The third-order valence-electron chi connectivity index (χ3n) is 4.49. The first-order valence-electron chi connectivity index (χ1n) is 8.94. The Hall–Kier alpha value is -3.32. The van der Waals surface area contributed by atoms with Gasteiger partial charge in [-0.15, -0.1) is 0 Å². The predicted molar refractivity (Wildman–Crippen MR) is 111 cm³/mol. The summed E-state index contributed by atoms with van der Waals surface area (Å²) in [5.74, 6) is 0. The molecular weight excluding hydrogens is 314 g/mol. The van der Waals surface area contributed by atoms with Gasteiger partial charge in [-0.2, -0.15) is 0 Å². The number of aromatic amines is 1. The molecule has 1 nitrogen and oxygen atoms in total. The molecule has 0 saturated heterocycles. The summed E-state index contributed by atoms with van der Waals surface area (Å²) in [6.07, 6.45) is 5.31. The van der Waals surface area contributed by atoms with Crippen molar-refractivity contribution in [3.05, 3.63) is 114 Å². The summed E-state index contributed by atoms with van der Waals surface area (Å²) in [6.45, 7) is 0. The van der Waals surface area contributed by atoms with Crippen LogP contribution < -0.4 is 0 Å². The van der Waals surface area contributed by atoms with E-state index in [0.29, 0.717) is 0 Å². The number of nitrogens with one attached hydrogen (secondary N) is 1. The zero-order chi connectivity index (χ0) is 17.6. The number of rotatable bonds is 5. The van der Waals surface area contributed by atoms with Gasteiger partial charge in [0.1, 0.15) is 0 Å². The Kier molecular flexibility index (Phi) is 4.79. The van der Waals surface area contributed by atoms with E-state index in [4.69, 9.17) is 0 Å². The molecule has 0 bridgehead atoms. The maximum Gasteiger partial charge on any atom is 0.0494 e. The quantitative estimate of drug-likeness (QED) is 0.422. The van der Waals surface area contributed by atoms with E-state index < -0.39 is 0 Å². The molecule has 4 rings (SSSR count). The topological polar surface area (TPSA) is 15.8 Å². The molecule has 0 aliphatic carbocycles. The lowest BCUT2D eigenvalue weighted by Crippen LogP contribution is -1.84. The highest BCUT2D eigenvalue weighted by molar-refractivity contribution is 5.72. The Morgan fingerprint density at radius 2 is 1.23 bits per heavy atom. The molecule has 1 heteroatoms.